The van der Waals surface area contributed by atoms with Crippen LogP contribution >= 0.6 is 17.0 Å². The van der Waals surface area contributed by atoms with Gasteiger partial charge in [-0.05, 0) is 0 Å². The molecule has 0 amide bonds. The van der Waals surface area contributed by atoms with Crippen LogP contribution in [0.15, 0.2) is 121 Å². The molecule has 8 rings (SSSR count). The van der Waals surface area contributed by atoms with Crippen LogP contribution < -0.4 is 3.27 Å². The van der Waals surface area contributed by atoms with E-state index in [0.29, 0.717) is 0 Å². The van der Waals surface area contributed by atoms with Gasteiger partial charge in [0.05, 0.1) is 0 Å². The molecule has 38 heavy (non-hydrogen) atoms. The summed E-state index contributed by atoms with van der Waals surface area (Å²) in [5.41, 5.74) is 12.7. The van der Waals surface area contributed by atoms with Gasteiger partial charge in [0.1, 0.15) is 0 Å². The Labute approximate surface area is 233 Å². The number of nitrogens with zero attached hydrogens (tertiary/aromatic N) is 1. The number of fused-ring (bicyclic) bond motifs is 8. The summed E-state index contributed by atoms with van der Waals surface area (Å²) in [7, 11) is 15.8. The Kier molecular flexibility index (Phi) is 5.18. The predicted molar refractivity (Wildman–Crippen MR) is 157 cm³/mol. The summed E-state index contributed by atoms with van der Waals surface area (Å²) in [6.45, 7) is 0. The molecule has 0 fully saturated rings. The van der Waals surface area contributed by atoms with Crippen molar-refractivity contribution >= 4 is 31.2 Å². The molecule has 0 radical (unpaired) electrons. The van der Waals surface area contributed by atoms with Crippen molar-refractivity contribution in [2.75, 3.05) is 0 Å². The summed E-state index contributed by atoms with van der Waals surface area (Å²) in [6, 6.07) is 43.4. The zero-order valence-electron chi connectivity index (χ0n) is 20.5. The Balaban J connectivity index is 1.43. The van der Waals surface area contributed by atoms with Crippen molar-refractivity contribution in [2.45, 2.75) is 10.0 Å². The van der Waals surface area contributed by atoms with Crippen LogP contribution in [0.5, 0.6) is 0 Å². The molecule has 1 nitrogen and oxygen atoms in total. The molecular weight excluding hydrogens is 585 g/mol. The first-order valence-electron chi connectivity index (χ1n) is 13.0. The zero-order valence-corrected chi connectivity index (χ0v) is 24.5. The molecular formula is C34H23Cl2NZr. The number of benzene rings is 5. The van der Waals surface area contributed by atoms with E-state index in [1.54, 1.807) is 0 Å². The van der Waals surface area contributed by atoms with Crippen molar-refractivity contribution in [1.29, 1.82) is 0 Å². The molecule has 0 aliphatic heterocycles. The van der Waals surface area contributed by atoms with Gasteiger partial charge in [-0.15, -0.1) is 0 Å². The molecule has 5 aromatic carbocycles. The molecule has 1 aromatic heterocycles. The monoisotopic (exact) mass is 605 g/mol. The van der Waals surface area contributed by atoms with Gasteiger partial charge in [0.25, 0.3) is 0 Å². The number of para-hydroxylation sites is 2. The third kappa shape index (κ3) is 3.15. The van der Waals surface area contributed by atoms with E-state index >= 15 is 0 Å². The average Bonchev–Trinajstić information content (AvgIpc) is 3.61. The van der Waals surface area contributed by atoms with E-state index < -0.39 is 17.9 Å². The van der Waals surface area contributed by atoms with Crippen molar-refractivity contribution < 1.29 is 17.9 Å². The van der Waals surface area contributed by atoms with Gasteiger partial charge in [-0.25, -0.2) is 0 Å². The molecule has 0 N–H and O–H groups in total. The first kappa shape index (κ1) is 23.0. The molecule has 6 aromatic rings. The van der Waals surface area contributed by atoms with E-state index in [0.717, 1.165) is 12.1 Å². The van der Waals surface area contributed by atoms with Crippen molar-refractivity contribution in [1.82, 2.24) is 4.57 Å². The second kappa shape index (κ2) is 8.55. The van der Waals surface area contributed by atoms with Gasteiger partial charge in [-0.2, -0.15) is 0 Å². The van der Waals surface area contributed by atoms with Gasteiger partial charge in [0.2, 0.25) is 0 Å². The maximum atomic E-state index is 7.90. The van der Waals surface area contributed by atoms with E-state index in [-0.39, 0.29) is 3.63 Å². The molecule has 1 heterocycles. The summed E-state index contributed by atoms with van der Waals surface area (Å²) in [5.74, 6) is 0. The molecule has 0 spiro atoms. The fourth-order valence-electron chi connectivity index (χ4n) is 6.79. The first-order chi connectivity index (χ1) is 18.6. The molecule has 0 bridgehead atoms. The van der Waals surface area contributed by atoms with E-state index in [9.17, 15) is 0 Å². The summed E-state index contributed by atoms with van der Waals surface area (Å²) >= 11 is -4.15. The predicted octanol–water partition coefficient (Wildman–Crippen LogP) is 9.06. The molecule has 0 saturated carbocycles. The first-order valence-corrected chi connectivity index (χ1v) is 22.0. The fourth-order valence-corrected chi connectivity index (χ4v) is 17.7. The summed E-state index contributed by atoms with van der Waals surface area (Å²) in [4.78, 5) is 0. The quantitative estimate of drug-likeness (QED) is 0.189. The zero-order chi connectivity index (χ0) is 25.4. The number of halogens is 2. The standard InChI is InChI=1S/C21H14N.C13H9.2ClH.Zr/c1-2-9-16(10-3-1)22-19-13-7-6-12-18(19)21-17-11-5-4-8-15(17)14-20(21)22;1-3-7-12-10(5-1)9-11-6-2-4-8-13(11)12;;;/h1-14H;1-5,7-8H,9H2;2*1H;/q;;;;+2/p-2. The Bertz CT molecular complexity index is 1870. The third-order valence-corrected chi connectivity index (χ3v) is 19.4. The van der Waals surface area contributed by atoms with Crippen LogP contribution in [-0.4, -0.2) is 4.57 Å². The maximum absolute atomic E-state index is 7.90. The van der Waals surface area contributed by atoms with Crippen LogP contribution in [0.1, 0.15) is 26.0 Å². The van der Waals surface area contributed by atoms with Crippen LogP contribution in [0, 0.1) is 0 Å². The Morgan fingerprint density at radius 1 is 0.632 bits per heavy atom. The normalized spacial score (nSPS) is 15.3. The summed E-state index contributed by atoms with van der Waals surface area (Å²) in [5, 5.41) is 1.25. The minimum atomic E-state index is -4.15. The van der Waals surface area contributed by atoms with Crippen LogP contribution in [0.2, 0.25) is 0 Å². The molecule has 4 heteroatoms. The minimum absolute atomic E-state index is 0.0401. The van der Waals surface area contributed by atoms with Gasteiger partial charge in [0, 0.05) is 0 Å². The van der Waals surface area contributed by atoms with Crippen LogP contribution in [-0.2, 0) is 24.3 Å². The van der Waals surface area contributed by atoms with Crippen molar-refractivity contribution in [3.8, 4) is 27.9 Å². The molecule has 2 aliphatic carbocycles. The number of hydrogen-bond donors (Lipinski definition) is 0. The Morgan fingerprint density at radius 3 is 2.18 bits per heavy atom. The Morgan fingerprint density at radius 2 is 1.32 bits per heavy atom. The van der Waals surface area contributed by atoms with Crippen molar-refractivity contribution in [3.05, 3.63) is 144 Å². The molecule has 0 saturated heterocycles. The van der Waals surface area contributed by atoms with Crippen molar-refractivity contribution in [3.63, 3.8) is 0 Å². The van der Waals surface area contributed by atoms with E-state index in [1.165, 1.54) is 58.8 Å². The van der Waals surface area contributed by atoms with Gasteiger partial charge >= 0.3 is 235 Å². The molecule has 1 unspecified atom stereocenters. The Hall–Kier alpha value is -2.90. The van der Waals surface area contributed by atoms with Crippen LogP contribution in [0.25, 0.3) is 38.8 Å². The van der Waals surface area contributed by atoms with Gasteiger partial charge < -0.3 is 0 Å². The van der Waals surface area contributed by atoms with Crippen LogP contribution in [0.3, 0.4) is 0 Å². The van der Waals surface area contributed by atoms with E-state index in [4.69, 9.17) is 17.0 Å². The molecule has 2 aliphatic rings. The molecule has 1 atom stereocenters. The summed E-state index contributed by atoms with van der Waals surface area (Å²) < 4.78 is 3.58. The summed E-state index contributed by atoms with van der Waals surface area (Å²) in [6.07, 6.45) is 0.892. The fraction of sp³-hybridized carbons (Fsp3) is 0.0588. The van der Waals surface area contributed by atoms with Gasteiger partial charge in [0.15, 0.2) is 0 Å². The van der Waals surface area contributed by atoms with Gasteiger partial charge in [-0.1, -0.05) is 0 Å². The number of hydrogen-bond acceptors (Lipinski definition) is 0. The second-order valence-electron chi connectivity index (χ2n) is 10.3. The average molecular weight is 608 g/mol. The number of rotatable bonds is 3. The van der Waals surface area contributed by atoms with E-state index in [2.05, 4.69) is 126 Å². The number of aromatic nitrogens is 1. The third-order valence-electron chi connectivity index (χ3n) is 8.31. The van der Waals surface area contributed by atoms with Crippen LogP contribution in [0.4, 0.5) is 0 Å². The second-order valence-corrected chi connectivity index (χ2v) is 24.3. The SMILES string of the molecule is [Cl][Zr]([Cl])([c]1cccc2c1Cc1ccccc1-2)[CH]1c2ccccc2-c2c1n(-c1ccccc1)c1ccccc21. The van der Waals surface area contributed by atoms with Gasteiger partial charge in [-0.3, -0.25) is 0 Å². The van der Waals surface area contributed by atoms with E-state index in [1.807, 2.05) is 0 Å². The topological polar surface area (TPSA) is 4.93 Å². The molecule has 182 valence electrons. The van der Waals surface area contributed by atoms with Crippen molar-refractivity contribution in [2.24, 2.45) is 0 Å².